The number of ketones is 1. The molecule has 0 radical (unpaired) electrons. The Morgan fingerprint density at radius 3 is 2.39 bits per heavy atom. The van der Waals surface area contributed by atoms with Gasteiger partial charge in [-0.05, 0) is 24.5 Å². The van der Waals surface area contributed by atoms with Crippen molar-refractivity contribution in [3.63, 3.8) is 0 Å². The van der Waals surface area contributed by atoms with Gasteiger partial charge in [-0.2, -0.15) is 5.01 Å². The number of amides is 3. The molecule has 1 aliphatic carbocycles. The number of fused-ring (bicyclic) bond motifs is 1. The van der Waals surface area contributed by atoms with Crippen LogP contribution in [0.2, 0.25) is 5.02 Å². The van der Waals surface area contributed by atoms with Crippen LogP contribution in [0.15, 0.2) is 66.7 Å². The monoisotopic (exact) mass is 436 g/mol. The number of imide groups is 1. The molecule has 158 valence electrons. The van der Waals surface area contributed by atoms with Crippen LogP contribution in [0.4, 0.5) is 0 Å². The van der Waals surface area contributed by atoms with E-state index in [1.165, 1.54) is 6.07 Å². The maximum Gasteiger partial charge on any atom is 0.274 e. The van der Waals surface area contributed by atoms with Crippen molar-refractivity contribution in [1.82, 2.24) is 10.0 Å². The van der Waals surface area contributed by atoms with Gasteiger partial charge in [0.2, 0.25) is 0 Å². The Balaban J connectivity index is 1.73. The Hall–Kier alpha value is -3.25. The van der Waals surface area contributed by atoms with Crippen LogP contribution in [0.1, 0.15) is 34.1 Å². The molecule has 7 heteroatoms. The molecule has 0 saturated carbocycles. The van der Waals surface area contributed by atoms with Gasteiger partial charge >= 0.3 is 0 Å². The zero-order valence-electron chi connectivity index (χ0n) is 16.9. The van der Waals surface area contributed by atoms with E-state index < -0.39 is 36.1 Å². The molecular formula is C24H21ClN2O4. The highest BCUT2D eigenvalue weighted by molar-refractivity contribution is 6.34. The lowest BCUT2D eigenvalue weighted by Gasteiger charge is -2.30. The number of benzene rings is 2. The van der Waals surface area contributed by atoms with Gasteiger partial charge in [-0.3, -0.25) is 19.2 Å². The second-order valence-corrected chi connectivity index (χ2v) is 8.18. The average molecular weight is 437 g/mol. The molecule has 1 fully saturated rings. The van der Waals surface area contributed by atoms with Crippen LogP contribution in [0.5, 0.6) is 0 Å². The first-order chi connectivity index (χ1) is 14.9. The molecule has 2 aromatic carbocycles. The Labute approximate surface area is 185 Å². The lowest BCUT2D eigenvalue weighted by atomic mass is 9.78. The molecule has 2 aliphatic rings. The Morgan fingerprint density at radius 2 is 1.71 bits per heavy atom. The van der Waals surface area contributed by atoms with Crippen LogP contribution in [0.3, 0.4) is 0 Å². The summed E-state index contributed by atoms with van der Waals surface area (Å²) in [5.41, 5.74) is 0.498. The first-order valence-corrected chi connectivity index (χ1v) is 10.5. The fraction of sp³-hybridized carbons (Fsp3) is 0.250. The molecule has 6 nitrogen and oxygen atoms in total. The minimum Gasteiger partial charge on any atom is -0.292 e. The number of hydrogen-bond acceptors (Lipinski definition) is 4. The van der Waals surface area contributed by atoms with Crippen molar-refractivity contribution in [2.75, 3.05) is 6.54 Å². The van der Waals surface area contributed by atoms with Crippen LogP contribution in [-0.2, 0) is 9.59 Å². The van der Waals surface area contributed by atoms with E-state index in [-0.39, 0.29) is 22.3 Å². The minimum absolute atomic E-state index is 0.117. The third kappa shape index (κ3) is 3.79. The largest absolute Gasteiger partial charge is 0.292 e. The van der Waals surface area contributed by atoms with Crippen molar-refractivity contribution in [1.29, 1.82) is 0 Å². The number of hydrogen-bond donors (Lipinski definition) is 0. The highest BCUT2D eigenvalue weighted by Gasteiger charge is 2.53. The second-order valence-electron chi connectivity index (χ2n) is 7.78. The molecule has 0 bridgehead atoms. The molecule has 4 rings (SSSR count). The molecule has 1 heterocycles. The predicted octanol–water partition coefficient (Wildman–Crippen LogP) is 3.78. The zero-order chi connectivity index (χ0) is 22.1. The third-order valence-electron chi connectivity index (χ3n) is 5.82. The average Bonchev–Trinajstić information content (AvgIpc) is 3.03. The minimum atomic E-state index is -0.671. The van der Waals surface area contributed by atoms with E-state index in [1.807, 2.05) is 19.1 Å². The van der Waals surface area contributed by atoms with E-state index in [4.69, 9.17) is 11.6 Å². The van der Waals surface area contributed by atoms with Crippen LogP contribution >= 0.6 is 11.6 Å². The van der Waals surface area contributed by atoms with Gasteiger partial charge < -0.3 is 0 Å². The van der Waals surface area contributed by atoms with Gasteiger partial charge in [0.05, 0.1) is 22.4 Å². The first-order valence-electron chi connectivity index (χ1n) is 10.1. The SMILES string of the molecule is C[C@@H]1C=CC[C@H]2C(=O)N(N(CC(=O)c3ccccc3)C(=O)c3ccccc3Cl)C(=O)[C@H]12. The molecule has 31 heavy (non-hydrogen) atoms. The normalized spacial score (nSPS) is 22.4. The van der Waals surface area contributed by atoms with E-state index in [0.717, 1.165) is 10.0 Å². The Kier molecular flexibility index (Phi) is 5.74. The lowest BCUT2D eigenvalue weighted by Crippen LogP contribution is -2.52. The summed E-state index contributed by atoms with van der Waals surface area (Å²) in [5, 5.41) is 1.99. The van der Waals surface area contributed by atoms with Crippen molar-refractivity contribution in [2.24, 2.45) is 17.8 Å². The molecule has 3 atom stereocenters. The molecule has 0 spiro atoms. The van der Waals surface area contributed by atoms with Gasteiger partial charge in [0.1, 0.15) is 6.54 Å². The fourth-order valence-electron chi connectivity index (χ4n) is 4.23. The van der Waals surface area contributed by atoms with Crippen molar-refractivity contribution in [3.05, 3.63) is 82.9 Å². The molecule has 0 N–H and O–H groups in total. The quantitative estimate of drug-likeness (QED) is 0.406. The highest BCUT2D eigenvalue weighted by atomic mass is 35.5. The number of rotatable bonds is 5. The first kappa shape index (κ1) is 21.0. The van der Waals surface area contributed by atoms with E-state index in [2.05, 4.69) is 0 Å². The van der Waals surface area contributed by atoms with Gasteiger partial charge in [0.25, 0.3) is 17.7 Å². The fourth-order valence-corrected chi connectivity index (χ4v) is 4.44. The number of nitrogens with zero attached hydrogens (tertiary/aromatic N) is 2. The van der Waals surface area contributed by atoms with Crippen LogP contribution in [0, 0.1) is 17.8 Å². The van der Waals surface area contributed by atoms with E-state index in [9.17, 15) is 19.2 Å². The van der Waals surface area contributed by atoms with E-state index >= 15 is 0 Å². The van der Waals surface area contributed by atoms with Crippen LogP contribution in [0.25, 0.3) is 0 Å². The van der Waals surface area contributed by atoms with E-state index in [0.29, 0.717) is 12.0 Å². The summed E-state index contributed by atoms with van der Waals surface area (Å²) in [7, 11) is 0. The number of carbonyl (C=O) groups is 4. The summed E-state index contributed by atoms with van der Waals surface area (Å²) >= 11 is 6.21. The summed E-state index contributed by atoms with van der Waals surface area (Å²) in [6.07, 6.45) is 4.22. The van der Waals surface area contributed by atoms with Gasteiger partial charge in [-0.1, -0.05) is 73.1 Å². The van der Waals surface area contributed by atoms with Gasteiger partial charge in [-0.15, -0.1) is 0 Å². The van der Waals surface area contributed by atoms with Crippen molar-refractivity contribution in [3.8, 4) is 0 Å². The van der Waals surface area contributed by atoms with Crippen LogP contribution < -0.4 is 0 Å². The maximum atomic E-state index is 13.4. The lowest BCUT2D eigenvalue weighted by molar-refractivity contribution is -0.154. The smallest absolute Gasteiger partial charge is 0.274 e. The maximum absolute atomic E-state index is 13.4. The van der Waals surface area contributed by atoms with Gasteiger partial charge in [0, 0.05) is 5.56 Å². The summed E-state index contributed by atoms with van der Waals surface area (Å²) in [6, 6.07) is 14.8. The predicted molar refractivity (Wildman–Crippen MR) is 115 cm³/mol. The van der Waals surface area contributed by atoms with E-state index in [1.54, 1.807) is 48.5 Å². The standard InChI is InChI=1S/C24H21ClN2O4/c1-15-8-7-12-18-21(15)24(31)27(23(18)30)26(14-20(28)16-9-3-2-4-10-16)22(29)17-11-5-6-13-19(17)25/h2-11,13,15,18,21H,12,14H2,1H3/t15-,18-,21-/m1/s1. The second kappa shape index (κ2) is 8.47. The van der Waals surface area contributed by atoms with Crippen molar-refractivity contribution >= 4 is 35.1 Å². The number of Topliss-reactive ketones (excluding diaryl/α,β-unsaturated/α-hetero) is 1. The molecule has 0 aromatic heterocycles. The molecule has 3 amide bonds. The Morgan fingerprint density at radius 1 is 1.03 bits per heavy atom. The molecular weight excluding hydrogens is 416 g/mol. The summed E-state index contributed by atoms with van der Waals surface area (Å²) in [6.45, 7) is 1.42. The molecule has 2 aromatic rings. The summed E-state index contributed by atoms with van der Waals surface area (Å²) in [4.78, 5) is 52.8. The van der Waals surface area contributed by atoms with Crippen molar-refractivity contribution < 1.29 is 19.2 Å². The third-order valence-corrected chi connectivity index (χ3v) is 6.15. The van der Waals surface area contributed by atoms with Crippen molar-refractivity contribution in [2.45, 2.75) is 13.3 Å². The van der Waals surface area contributed by atoms with Gasteiger partial charge in [-0.25, -0.2) is 5.01 Å². The number of allylic oxidation sites excluding steroid dienone is 2. The molecule has 1 aliphatic heterocycles. The zero-order valence-corrected chi connectivity index (χ0v) is 17.7. The molecule has 1 saturated heterocycles. The number of hydrazine groups is 1. The molecule has 0 unspecified atom stereocenters. The van der Waals surface area contributed by atoms with Crippen LogP contribution in [-0.4, -0.2) is 40.1 Å². The summed E-state index contributed by atoms with van der Waals surface area (Å²) < 4.78 is 0. The number of halogens is 1. The number of carbonyl (C=O) groups excluding carboxylic acids is 4. The Bertz CT molecular complexity index is 1080. The topological polar surface area (TPSA) is 74.8 Å². The van der Waals surface area contributed by atoms with Gasteiger partial charge in [0.15, 0.2) is 5.78 Å². The highest BCUT2D eigenvalue weighted by Crippen LogP contribution is 2.39. The summed E-state index contributed by atoms with van der Waals surface area (Å²) in [5.74, 6) is -3.21.